The highest BCUT2D eigenvalue weighted by atomic mass is 35.5. The lowest BCUT2D eigenvalue weighted by atomic mass is 9.88. The molecule has 0 amide bonds. The zero-order valence-corrected chi connectivity index (χ0v) is 14.9. The van der Waals surface area contributed by atoms with Gasteiger partial charge in [0.15, 0.2) is 0 Å². The number of fused-ring (bicyclic) bond motifs is 1. The molecule has 1 aliphatic carbocycles. The Morgan fingerprint density at radius 2 is 1.62 bits per heavy atom. The number of nitrogen functional groups attached to an aromatic ring is 1. The number of halogens is 2. The van der Waals surface area contributed by atoms with Crippen LogP contribution in [0.25, 0.3) is 22.0 Å². The van der Waals surface area contributed by atoms with Crippen molar-refractivity contribution < 1.29 is 0 Å². The van der Waals surface area contributed by atoms with E-state index in [1.807, 2.05) is 12.1 Å². The normalized spacial score (nSPS) is 15.7. The van der Waals surface area contributed by atoms with Crippen molar-refractivity contribution in [2.24, 2.45) is 5.73 Å². The molecule has 0 aliphatic heterocycles. The smallest absolute Gasteiger partial charge is 0.0671 e. The van der Waals surface area contributed by atoms with E-state index in [2.05, 4.69) is 34.5 Å². The van der Waals surface area contributed by atoms with Crippen molar-refractivity contribution >= 4 is 41.4 Å². The summed E-state index contributed by atoms with van der Waals surface area (Å²) < 4.78 is 0. The summed E-state index contributed by atoms with van der Waals surface area (Å²) in [5.74, 6) is 0. The van der Waals surface area contributed by atoms with Crippen molar-refractivity contribution in [2.75, 3.05) is 5.73 Å². The molecule has 2 aromatic carbocycles. The molecule has 0 unspecified atom stereocenters. The van der Waals surface area contributed by atoms with E-state index < -0.39 is 0 Å². The molecular formula is C18H22Cl2N4. The van der Waals surface area contributed by atoms with Gasteiger partial charge in [-0.15, -0.1) is 24.8 Å². The van der Waals surface area contributed by atoms with Crippen LogP contribution in [0.3, 0.4) is 0 Å². The molecule has 0 bridgehead atoms. The lowest BCUT2D eigenvalue weighted by molar-refractivity contribution is 0.462. The Kier molecular flexibility index (Phi) is 5.43. The van der Waals surface area contributed by atoms with E-state index in [0.29, 0.717) is 0 Å². The first-order chi connectivity index (χ1) is 10.7. The van der Waals surface area contributed by atoms with Crippen molar-refractivity contribution in [3.05, 3.63) is 48.2 Å². The van der Waals surface area contributed by atoms with E-state index in [0.717, 1.165) is 40.6 Å². The lowest BCUT2D eigenvalue weighted by Crippen LogP contribution is -2.32. The summed E-state index contributed by atoms with van der Waals surface area (Å²) in [6.07, 6.45) is 6.38. The first-order valence-corrected chi connectivity index (χ1v) is 7.79. The molecule has 1 aliphatic rings. The molecule has 1 saturated carbocycles. The van der Waals surface area contributed by atoms with Gasteiger partial charge in [0.1, 0.15) is 0 Å². The Bertz CT molecular complexity index is 821. The number of anilines is 1. The van der Waals surface area contributed by atoms with Crippen LogP contribution in [-0.2, 0) is 5.54 Å². The average Bonchev–Trinajstić information content (AvgIpc) is 3.18. The maximum absolute atomic E-state index is 6.52. The molecule has 0 saturated heterocycles. The van der Waals surface area contributed by atoms with Gasteiger partial charge in [-0.2, -0.15) is 5.10 Å². The first-order valence-electron chi connectivity index (χ1n) is 7.79. The van der Waals surface area contributed by atoms with E-state index in [-0.39, 0.29) is 30.4 Å². The van der Waals surface area contributed by atoms with Crippen LogP contribution >= 0.6 is 24.8 Å². The molecule has 6 heteroatoms. The maximum Gasteiger partial charge on any atom is 0.0671 e. The molecule has 4 nitrogen and oxygen atoms in total. The van der Waals surface area contributed by atoms with E-state index in [1.54, 1.807) is 6.20 Å². The Hall–Kier alpha value is -1.75. The van der Waals surface area contributed by atoms with E-state index in [1.165, 1.54) is 18.4 Å². The fourth-order valence-electron chi connectivity index (χ4n) is 3.57. The Labute approximate surface area is 153 Å². The third-order valence-corrected chi connectivity index (χ3v) is 4.93. The fourth-order valence-corrected chi connectivity index (χ4v) is 3.57. The average molecular weight is 365 g/mol. The molecule has 0 radical (unpaired) electrons. The summed E-state index contributed by atoms with van der Waals surface area (Å²) >= 11 is 0. The number of aromatic amines is 1. The number of hydrogen-bond donors (Lipinski definition) is 3. The standard InChI is InChI=1S/C18H20N4.2ClH/c19-17-14(7-8-16-15(17)11-21-22-16)12-3-5-13(6-4-12)18(20)9-1-2-10-18;;/h3-8,11H,1-2,9-10,19-20H2,(H,21,22);2*1H. The van der Waals surface area contributed by atoms with Crippen LogP contribution in [0.1, 0.15) is 31.2 Å². The number of nitrogens with one attached hydrogen (secondary N) is 1. The zero-order chi connectivity index (χ0) is 15.2. The highest BCUT2D eigenvalue weighted by molar-refractivity contribution is 5.98. The minimum Gasteiger partial charge on any atom is -0.398 e. The van der Waals surface area contributed by atoms with Gasteiger partial charge in [-0.3, -0.25) is 5.10 Å². The highest BCUT2D eigenvalue weighted by Crippen LogP contribution is 2.38. The summed E-state index contributed by atoms with van der Waals surface area (Å²) in [5.41, 5.74) is 17.8. The van der Waals surface area contributed by atoms with Gasteiger partial charge in [0, 0.05) is 16.5 Å². The number of rotatable bonds is 2. The molecule has 3 aromatic rings. The van der Waals surface area contributed by atoms with Crippen LogP contribution < -0.4 is 11.5 Å². The predicted molar refractivity (Wildman–Crippen MR) is 105 cm³/mol. The third-order valence-electron chi connectivity index (χ3n) is 4.93. The number of nitrogens with zero attached hydrogens (tertiary/aromatic N) is 1. The molecule has 4 rings (SSSR count). The Morgan fingerprint density at radius 3 is 2.29 bits per heavy atom. The summed E-state index contributed by atoms with van der Waals surface area (Å²) in [6.45, 7) is 0. The van der Waals surface area contributed by atoms with Gasteiger partial charge in [-0.1, -0.05) is 43.2 Å². The number of aromatic nitrogens is 2. The molecule has 5 N–H and O–H groups in total. The second-order valence-electron chi connectivity index (χ2n) is 6.30. The van der Waals surface area contributed by atoms with Crippen molar-refractivity contribution in [3.63, 3.8) is 0 Å². The van der Waals surface area contributed by atoms with Crippen LogP contribution in [0.4, 0.5) is 5.69 Å². The lowest BCUT2D eigenvalue weighted by Gasteiger charge is -2.24. The molecule has 24 heavy (non-hydrogen) atoms. The quantitative estimate of drug-likeness (QED) is 0.590. The second kappa shape index (κ2) is 7.01. The van der Waals surface area contributed by atoms with Crippen LogP contribution in [0.2, 0.25) is 0 Å². The van der Waals surface area contributed by atoms with Gasteiger partial charge in [0.2, 0.25) is 0 Å². The predicted octanol–water partition coefficient (Wildman–Crippen LogP) is 4.38. The Morgan fingerprint density at radius 1 is 0.958 bits per heavy atom. The minimum absolute atomic E-state index is 0. The molecule has 1 fully saturated rings. The van der Waals surface area contributed by atoms with Crippen LogP contribution in [0, 0.1) is 0 Å². The van der Waals surface area contributed by atoms with Gasteiger partial charge in [0.25, 0.3) is 0 Å². The van der Waals surface area contributed by atoms with Gasteiger partial charge < -0.3 is 11.5 Å². The monoisotopic (exact) mass is 364 g/mol. The second-order valence-corrected chi connectivity index (χ2v) is 6.30. The summed E-state index contributed by atoms with van der Waals surface area (Å²) in [5, 5.41) is 7.96. The Balaban J connectivity index is 0.00000104. The van der Waals surface area contributed by atoms with Crippen molar-refractivity contribution in [1.29, 1.82) is 0 Å². The number of hydrogen-bond acceptors (Lipinski definition) is 3. The van der Waals surface area contributed by atoms with Crippen LogP contribution in [0.5, 0.6) is 0 Å². The fraction of sp³-hybridized carbons (Fsp3) is 0.278. The SMILES string of the molecule is Cl.Cl.Nc1c(-c2ccc(C3(N)CCCC3)cc2)ccc2[nH]ncc12. The minimum atomic E-state index is -0.140. The summed E-state index contributed by atoms with van der Waals surface area (Å²) in [4.78, 5) is 0. The van der Waals surface area contributed by atoms with Gasteiger partial charge in [-0.05, 0) is 30.0 Å². The van der Waals surface area contributed by atoms with E-state index >= 15 is 0 Å². The number of nitrogens with two attached hydrogens (primary N) is 2. The van der Waals surface area contributed by atoms with Crippen molar-refractivity contribution in [2.45, 2.75) is 31.2 Å². The van der Waals surface area contributed by atoms with Crippen molar-refractivity contribution in [3.8, 4) is 11.1 Å². The van der Waals surface area contributed by atoms with E-state index in [4.69, 9.17) is 11.5 Å². The first kappa shape index (κ1) is 18.6. The molecule has 0 atom stereocenters. The number of H-pyrrole nitrogens is 1. The highest BCUT2D eigenvalue weighted by Gasteiger charge is 2.30. The maximum atomic E-state index is 6.52. The molecule has 1 heterocycles. The number of benzene rings is 2. The van der Waals surface area contributed by atoms with Gasteiger partial charge >= 0.3 is 0 Å². The van der Waals surface area contributed by atoms with E-state index in [9.17, 15) is 0 Å². The summed E-state index contributed by atoms with van der Waals surface area (Å²) in [7, 11) is 0. The molecule has 128 valence electrons. The van der Waals surface area contributed by atoms with Crippen LogP contribution in [-0.4, -0.2) is 10.2 Å². The largest absolute Gasteiger partial charge is 0.398 e. The molecule has 0 spiro atoms. The topological polar surface area (TPSA) is 80.7 Å². The summed E-state index contributed by atoms with van der Waals surface area (Å²) in [6, 6.07) is 12.6. The van der Waals surface area contributed by atoms with Crippen LogP contribution in [0.15, 0.2) is 42.6 Å². The van der Waals surface area contributed by atoms with Gasteiger partial charge in [0.05, 0.1) is 17.4 Å². The molecular weight excluding hydrogens is 343 g/mol. The van der Waals surface area contributed by atoms with Crippen molar-refractivity contribution in [1.82, 2.24) is 10.2 Å². The zero-order valence-electron chi connectivity index (χ0n) is 13.3. The van der Waals surface area contributed by atoms with Gasteiger partial charge in [-0.25, -0.2) is 0 Å². The third kappa shape index (κ3) is 2.97. The molecule has 1 aromatic heterocycles.